The monoisotopic (exact) mass is 489 g/mol. The SMILES string of the molecule is CCCC[C@H](Oc1ccc2c(=O)n(C)c([C@H](CCC)N3C[C@H](C)C[C@H](C)C3)nc2c1)c1ccccc1. The number of likely N-dealkylation sites (tertiary alicyclic amines) is 1. The van der Waals surface area contributed by atoms with Gasteiger partial charge in [-0.15, -0.1) is 0 Å². The van der Waals surface area contributed by atoms with Gasteiger partial charge >= 0.3 is 0 Å². The number of ether oxygens (including phenoxy) is 1. The van der Waals surface area contributed by atoms with Gasteiger partial charge in [0.1, 0.15) is 17.7 Å². The molecule has 1 fully saturated rings. The van der Waals surface area contributed by atoms with Crippen LogP contribution in [0.25, 0.3) is 10.9 Å². The topological polar surface area (TPSA) is 47.4 Å². The first-order chi connectivity index (χ1) is 17.4. The molecule has 0 spiro atoms. The van der Waals surface area contributed by atoms with Crippen LogP contribution in [0, 0.1) is 11.8 Å². The molecule has 0 amide bonds. The fourth-order valence-electron chi connectivity index (χ4n) is 5.87. The lowest BCUT2D eigenvalue weighted by molar-refractivity contribution is 0.0841. The van der Waals surface area contributed by atoms with Crippen molar-refractivity contribution in [2.45, 2.75) is 78.4 Å². The highest BCUT2D eigenvalue weighted by molar-refractivity contribution is 5.79. The first-order valence-corrected chi connectivity index (χ1v) is 13.9. The summed E-state index contributed by atoms with van der Waals surface area (Å²) in [4.78, 5) is 21.1. The zero-order chi connectivity index (χ0) is 25.7. The lowest BCUT2D eigenvalue weighted by Gasteiger charge is -2.40. The maximum Gasteiger partial charge on any atom is 0.261 e. The predicted octanol–water partition coefficient (Wildman–Crippen LogP) is 7.06. The summed E-state index contributed by atoms with van der Waals surface area (Å²) in [6, 6.07) is 16.3. The smallest absolute Gasteiger partial charge is 0.261 e. The summed E-state index contributed by atoms with van der Waals surface area (Å²) in [5.41, 5.74) is 1.93. The Bertz CT molecular complexity index is 1180. The van der Waals surface area contributed by atoms with E-state index in [0.29, 0.717) is 17.2 Å². The quantitative estimate of drug-likeness (QED) is 0.306. The molecular formula is C31H43N3O2. The predicted molar refractivity (Wildman–Crippen MR) is 148 cm³/mol. The molecule has 1 aliphatic heterocycles. The summed E-state index contributed by atoms with van der Waals surface area (Å²) < 4.78 is 8.29. The number of hydrogen-bond acceptors (Lipinski definition) is 4. The normalized spacial score (nSPS) is 20.4. The van der Waals surface area contributed by atoms with Crippen LogP contribution in [0.1, 0.15) is 89.8 Å². The highest BCUT2D eigenvalue weighted by Crippen LogP contribution is 2.33. The molecule has 2 heterocycles. The fraction of sp³-hybridized carbons (Fsp3) is 0.548. The lowest BCUT2D eigenvalue weighted by atomic mass is 9.90. The number of unbranched alkanes of at least 4 members (excludes halogenated alkanes) is 1. The van der Waals surface area contributed by atoms with Crippen molar-refractivity contribution in [1.29, 1.82) is 0 Å². The number of nitrogens with zero attached hydrogens (tertiary/aromatic N) is 3. The van der Waals surface area contributed by atoms with Crippen molar-refractivity contribution < 1.29 is 4.74 Å². The first kappa shape index (κ1) is 26.4. The molecule has 5 nitrogen and oxygen atoms in total. The second-order valence-electron chi connectivity index (χ2n) is 10.9. The number of fused-ring (bicyclic) bond motifs is 1. The lowest BCUT2D eigenvalue weighted by Crippen LogP contribution is -2.43. The van der Waals surface area contributed by atoms with Gasteiger partial charge in [-0.1, -0.05) is 70.9 Å². The number of piperidine rings is 1. The van der Waals surface area contributed by atoms with E-state index in [1.54, 1.807) is 4.57 Å². The molecule has 5 heteroatoms. The molecule has 194 valence electrons. The molecule has 0 saturated carbocycles. The van der Waals surface area contributed by atoms with Gasteiger partial charge in [0.25, 0.3) is 5.56 Å². The summed E-state index contributed by atoms with van der Waals surface area (Å²) in [6.07, 6.45) is 6.47. The van der Waals surface area contributed by atoms with Gasteiger partial charge in [-0.2, -0.15) is 0 Å². The molecule has 1 aromatic heterocycles. The largest absolute Gasteiger partial charge is 0.486 e. The van der Waals surface area contributed by atoms with Crippen molar-refractivity contribution in [3.63, 3.8) is 0 Å². The van der Waals surface area contributed by atoms with E-state index in [-0.39, 0.29) is 17.7 Å². The van der Waals surface area contributed by atoms with E-state index in [2.05, 4.69) is 56.9 Å². The fourth-order valence-corrected chi connectivity index (χ4v) is 5.87. The van der Waals surface area contributed by atoms with Gasteiger partial charge in [0, 0.05) is 26.2 Å². The molecule has 1 saturated heterocycles. The Labute approximate surface area is 216 Å². The average Bonchev–Trinajstić information content (AvgIpc) is 2.87. The number of hydrogen-bond donors (Lipinski definition) is 0. The molecule has 4 atom stereocenters. The van der Waals surface area contributed by atoms with E-state index in [0.717, 1.165) is 62.3 Å². The summed E-state index contributed by atoms with van der Waals surface area (Å²) in [5.74, 6) is 2.96. The first-order valence-electron chi connectivity index (χ1n) is 13.9. The molecule has 0 aliphatic carbocycles. The maximum atomic E-state index is 13.4. The molecule has 0 unspecified atom stereocenters. The Morgan fingerprint density at radius 3 is 2.39 bits per heavy atom. The van der Waals surface area contributed by atoms with Gasteiger partial charge in [0.15, 0.2) is 0 Å². The Hall–Kier alpha value is -2.66. The standard InChI is InChI=1S/C31H43N3O2/c1-6-8-15-29(24-13-10-9-11-14-24)36-25-16-17-26-27(19-25)32-30(33(5)31(26)35)28(12-7-2)34-20-22(3)18-23(4)21-34/h9-11,13-14,16-17,19,22-23,28-29H,6-8,12,15,18,20-21H2,1-5H3/t22-,23+,28-,29-/m0/s1. The molecule has 0 bridgehead atoms. The summed E-state index contributed by atoms with van der Waals surface area (Å²) in [7, 11) is 1.88. The Morgan fingerprint density at radius 2 is 1.72 bits per heavy atom. The van der Waals surface area contributed by atoms with Crippen molar-refractivity contribution in [2.75, 3.05) is 13.1 Å². The second kappa shape index (κ2) is 12.1. The minimum Gasteiger partial charge on any atom is -0.486 e. The number of aromatic nitrogens is 2. The van der Waals surface area contributed by atoms with Gasteiger partial charge in [-0.3, -0.25) is 14.3 Å². The van der Waals surface area contributed by atoms with E-state index < -0.39 is 0 Å². The zero-order valence-electron chi connectivity index (χ0n) is 22.7. The summed E-state index contributed by atoms with van der Waals surface area (Å²) in [5, 5.41) is 0.647. The third kappa shape index (κ3) is 6.00. The molecule has 36 heavy (non-hydrogen) atoms. The van der Waals surface area contributed by atoms with Crippen LogP contribution in [0.15, 0.2) is 53.3 Å². The molecule has 0 radical (unpaired) electrons. The van der Waals surface area contributed by atoms with Crippen LogP contribution in [0.4, 0.5) is 0 Å². The van der Waals surface area contributed by atoms with Crippen molar-refractivity contribution in [2.24, 2.45) is 18.9 Å². The van der Waals surface area contributed by atoms with E-state index >= 15 is 0 Å². The van der Waals surface area contributed by atoms with Crippen LogP contribution in [0.5, 0.6) is 5.75 Å². The van der Waals surface area contributed by atoms with E-state index in [1.165, 1.54) is 12.0 Å². The molecular weight excluding hydrogens is 446 g/mol. The zero-order valence-corrected chi connectivity index (χ0v) is 22.7. The van der Waals surface area contributed by atoms with Crippen LogP contribution in [0.2, 0.25) is 0 Å². The second-order valence-corrected chi connectivity index (χ2v) is 10.9. The average molecular weight is 490 g/mol. The van der Waals surface area contributed by atoms with Gasteiger partial charge in [-0.25, -0.2) is 4.98 Å². The molecule has 4 rings (SSSR count). The van der Waals surface area contributed by atoms with Crippen molar-refractivity contribution >= 4 is 10.9 Å². The maximum absolute atomic E-state index is 13.4. The van der Waals surface area contributed by atoms with Crippen LogP contribution >= 0.6 is 0 Å². The molecule has 0 N–H and O–H groups in total. The summed E-state index contributed by atoms with van der Waals surface area (Å²) >= 11 is 0. The number of rotatable bonds is 10. The van der Waals surface area contributed by atoms with Crippen molar-refractivity contribution in [3.05, 3.63) is 70.3 Å². The van der Waals surface area contributed by atoms with Gasteiger partial charge in [-0.05, 0) is 55.2 Å². The van der Waals surface area contributed by atoms with Crippen molar-refractivity contribution in [1.82, 2.24) is 14.5 Å². The highest BCUT2D eigenvalue weighted by Gasteiger charge is 2.30. The number of benzene rings is 2. The van der Waals surface area contributed by atoms with Gasteiger partial charge in [0.2, 0.25) is 0 Å². The van der Waals surface area contributed by atoms with E-state index in [9.17, 15) is 4.79 Å². The van der Waals surface area contributed by atoms with Crippen LogP contribution in [-0.4, -0.2) is 27.5 Å². The van der Waals surface area contributed by atoms with Crippen LogP contribution < -0.4 is 10.3 Å². The Balaban J connectivity index is 1.70. The minimum atomic E-state index is -0.0150. The van der Waals surface area contributed by atoms with Crippen LogP contribution in [-0.2, 0) is 7.05 Å². The van der Waals surface area contributed by atoms with Gasteiger partial charge < -0.3 is 4.74 Å². The summed E-state index contributed by atoms with van der Waals surface area (Å²) in [6.45, 7) is 11.2. The Kier molecular flexibility index (Phi) is 8.84. The molecule has 3 aromatic rings. The highest BCUT2D eigenvalue weighted by atomic mass is 16.5. The Morgan fingerprint density at radius 1 is 1.00 bits per heavy atom. The van der Waals surface area contributed by atoms with Crippen LogP contribution in [0.3, 0.4) is 0 Å². The van der Waals surface area contributed by atoms with E-state index in [4.69, 9.17) is 9.72 Å². The molecule has 1 aliphatic rings. The third-order valence-electron chi connectivity index (χ3n) is 7.55. The molecule has 2 aromatic carbocycles. The van der Waals surface area contributed by atoms with E-state index in [1.807, 2.05) is 31.3 Å². The third-order valence-corrected chi connectivity index (χ3v) is 7.55. The van der Waals surface area contributed by atoms with Crippen molar-refractivity contribution in [3.8, 4) is 5.75 Å². The van der Waals surface area contributed by atoms with Gasteiger partial charge in [0.05, 0.1) is 16.9 Å². The minimum absolute atomic E-state index is 0.0150.